The summed E-state index contributed by atoms with van der Waals surface area (Å²) in [6.45, 7) is -0.225. The zero-order valence-electron chi connectivity index (χ0n) is 15.8. The Balaban J connectivity index is 1.76. The molecule has 0 bridgehead atoms. The first-order chi connectivity index (χ1) is 14.8. The molecular formula is C20H14F3N5O3. The number of aromatic nitrogens is 4. The van der Waals surface area contributed by atoms with Gasteiger partial charge < -0.3 is 4.74 Å². The summed E-state index contributed by atoms with van der Waals surface area (Å²) < 4.78 is 46.5. The van der Waals surface area contributed by atoms with Crippen molar-refractivity contribution < 1.29 is 17.9 Å². The zero-order valence-corrected chi connectivity index (χ0v) is 15.8. The highest BCUT2D eigenvalue weighted by atomic mass is 19.4. The van der Waals surface area contributed by atoms with E-state index in [2.05, 4.69) is 15.2 Å². The van der Waals surface area contributed by atoms with E-state index in [0.717, 1.165) is 23.7 Å². The van der Waals surface area contributed by atoms with Crippen LogP contribution in [0.15, 0.2) is 46.2 Å². The van der Waals surface area contributed by atoms with Gasteiger partial charge in [-0.1, -0.05) is 12.1 Å². The van der Waals surface area contributed by atoms with Gasteiger partial charge in [0, 0.05) is 5.56 Å². The van der Waals surface area contributed by atoms with Gasteiger partial charge in [0.05, 0.1) is 24.1 Å². The average molecular weight is 429 g/mol. The predicted molar refractivity (Wildman–Crippen MR) is 101 cm³/mol. The van der Waals surface area contributed by atoms with Crippen LogP contribution in [0, 0.1) is 11.3 Å². The van der Waals surface area contributed by atoms with Crippen molar-refractivity contribution in [3.05, 3.63) is 79.9 Å². The number of para-hydroxylation sites is 1. The van der Waals surface area contributed by atoms with Crippen molar-refractivity contribution in [2.24, 2.45) is 0 Å². The minimum absolute atomic E-state index is 0.0400. The zero-order chi connectivity index (χ0) is 22.2. The molecule has 1 aliphatic rings. The molecule has 31 heavy (non-hydrogen) atoms. The summed E-state index contributed by atoms with van der Waals surface area (Å²) in [5.41, 5.74) is -2.17. The second kappa shape index (κ2) is 7.71. The van der Waals surface area contributed by atoms with E-state index in [0.29, 0.717) is 5.56 Å². The van der Waals surface area contributed by atoms with Gasteiger partial charge in [-0.25, -0.2) is 10.1 Å². The van der Waals surface area contributed by atoms with Gasteiger partial charge >= 0.3 is 6.18 Å². The molecule has 158 valence electrons. The van der Waals surface area contributed by atoms with Crippen LogP contribution in [0.5, 0.6) is 11.5 Å². The fraction of sp³-hybridized carbons (Fsp3) is 0.250. The SMILES string of the molecule is N#Cc1ccccc1Oc1c(C(F)(F)F)ncn(Cc2cc(C3CC3)c(=O)[nH]n2)c1=O. The third kappa shape index (κ3) is 4.18. The van der Waals surface area contributed by atoms with E-state index in [1.807, 2.05) is 0 Å². The van der Waals surface area contributed by atoms with Gasteiger partial charge in [0.2, 0.25) is 5.75 Å². The second-order valence-electron chi connectivity index (χ2n) is 6.98. The summed E-state index contributed by atoms with van der Waals surface area (Å²) in [5.74, 6) is -1.13. The lowest BCUT2D eigenvalue weighted by Crippen LogP contribution is -2.27. The van der Waals surface area contributed by atoms with Crippen LogP contribution in [0.3, 0.4) is 0 Å². The van der Waals surface area contributed by atoms with E-state index in [1.165, 1.54) is 30.3 Å². The van der Waals surface area contributed by atoms with Crippen molar-refractivity contribution in [2.75, 3.05) is 0 Å². The quantitative estimate of drug-likeness (QED) is 0.667. The maximum absolute atomic E-state index is 13.5. The lowest BCUT2D eigenvalue weighted by atomic mass is 10.2. The highest BCUT2D eigenvalue weighted by Crippen LogP contribution is 2.38. The van der Waals surface area contributed by atoms with Gasteiger partial charge in [0.25, 0.3) is 11.1 Å². The molecule has 1 aromatic carbocycles. The smallest absolute Gasteiger partial charge is 0.437 e. The number of nitrogens with one attached hydrogen (secondary N) is 1. The third-order valence-corrected chi connectivity index (χ3v) is 4.72. The van der Waals surface area contributed by atoms with E-state index in [9.17, 15) is 22.8 Å². The fourth-order valence-electron chi connectivity index (χ4n) is 3.05. The van der Waals surface area contributed by atoms with Crippen LogP contribution >= 0.6 is 0 Å². The number of aromatic amines is 1. The molecule has 2 aromatic heterocycles. The summed E-state index contributed by atoms with van der Waals surface area (Å²) in [6.07, 6.45) is -2.47. The molecule has 0 unspecified atom stereocenters. The molecule has 0 spiro atoms. The fourth-order valence-corrected chi connectivity index (χ4v) is 3.05. The van der Waals surface area contributed by atoms with Crippen LogP contribution in [0.4, 0.5) is 13.2 Å². The molecule has 1 fully saturated rings. The Morgan fingerprint density at radius 2 is 2.00 bits per heavy atom. The Hall–Kier alpha value is -3.94. The molecule has 11 heteroatoms. The van der Waals surface area contributed by atoms with Crippen molar-refractivity contribution in [1.29, 1.82) is 5.26 Å². The van der Waals surface area contributed by atoms with Crippen molar-refractivity contribution in [2.45, 2.75) is 31.5 Å². The van der Waals surface area contributed by atoms with Crippen molar-refractivity contribution in [1.82, 2.24) is 19.7 Å². The lowest BCUT2D eigenvalue weighted by molar-refractivity contribution is -0.142. The van der Waals surface area contributed by atoms with Gasteiger partial charge in [-0.05, 0) is 37.0 Å². The molecule has 0 saturated heterocycles. The number of halogens is 3. The van der Waals surface area contributed by atoms with Gasteiger partial charge in [-0.15, -0.1) is 0 Å². The van der Waals surface area contributed by atoms with E-state index < -0.39 is 23.2 Å². The topological polar surface area (TPSA) is 114 Å². The number of ether oxygens (including phenoxy) is 1. The standard InChI is InChI=1S/C20H14F3N5O3/c21-20(22,23)17-16(31-15-4-2-1-3-12(15)8-24)19(30)28(10-25-17)9-13-7-14(11-5-6-11)18(29)27-26-13/h1-4,7,10-11H,5-6,9H2,(H,27,29). The lowest BCUT2D eigenvalue weighted by Gasteiger charge is -2.15. The van der Waals surface area contributed by atoms with Crippen LogP contribution in [-0.4, -0.2) is 19.7 Å². The average Bonchev–Trinajstić information content (AvgIpc) is 3.57. The number of H-pyrrole nitrogens is 1. The highest BCUT2D eigenvalue weighted by Gasteiger charge is 2.39. The molecule has 0 radical (unpaired) electrons. The monoisotopic (exact) mass is 429 g/mol. The number of nitriles is 1. The van der Waals surface area contributed by atoms with Gasteiger partial charge in [0.15, 0.2) is 5.69 Å². The Kier molecular flexibility index (Phi) is 5.06. The molecule has 1 N–H and O–H groups in total. The van der Waals surface area contributed by atoms with Crippen molar-refractivity contribution >= 4 is 0 Å². The number of rotatable bonds is 5. The summed E-state index contributed by atoms with van der Waals surface area (Å²) in [6, 6.07) is 8.93. The summed E-state index contributed by atoms with van der Waals surface area (Å²) >= 11 is 0. The molecule has 3 aromatic rings. The summed E-state index contributed by atoms with van der Waals surface area (Å²) in [7, 11) is 0. The first-order valence-corrected chi connectivity index (χ1v) is 9.20. The Morgan fingerprint density at radius 3 is 2.68 bits per heavy atom. The van der Waals surface area contributed by atoms with Crippen LogP contribution in [0.1, 0.15) is 41.3 Å². The Bertz CT molecular complexity index is 1300. The largest absolute Gasteiger partial charge is 0.448 e. The number of hydrogen-bond acceptors (Lipinski definition) is 6. The van der Waals surface area contributed by atoms with E-state index >= 15 is 0 Å². The van der Waals surface area contributed by atoms with Crippen LogP contribution in [0.25, 0.3) is 0 Å². The van der Waals surface area contributed by atoms with E-state index in [1.54, 1.807) is 6.07 Å². The second-order valence-corrected chi connectivity index (χ2v) is 6.98. The molecule has 0 atom stereocenters. The Morgan fingerprint density at radius 1 is 1.26 bits per heavy atom. The first kappa shape index (κ1) is 20.3. The third-order valence-electron chi connectivity index (χ3n) is 4.72. The molecule has 0 amide bonds. The minimum Gasteiger partial charge on any atom is -0.448 e. The molecule has 0 aliphatic heterocycles. The van der Waals surface area contributed by atoms with E-state index in [-0.39, 0.29) is 35.0 Å². The van der Waals surface area contributed by atoms with Gasteiger partial charge in [-0.2, -0.15) is 23.5 Å². The number of alkyl halides is 3. The van der Waals surface area contributed by atoms with Crippen LogP contribution in [-0.2, 0) is 12.7 Å². The Labute approximate surface area is 172 Å². The number of benzene rings is 1. The van der Waals surface area contributed by atoms with Crippen molar-refractivity contribution in [3.63, 3.8) is 0 Å². The summed E-state index contributed by atoms with van der Waals surface area (Å²) in [5, 5.41) is 15.4. The van der Waals surface area contributed by atoms with Crippen molar-refractivity contribution in [3.8, 4) is 17.6 Å². The predicted octanol–water partition coefficient (Wildman–Crippen LogP) is 2.94. The van der Waals surface area contributed by atoms with E-state index in [4.69, 9.17) is 10.00 Å². The van der Waals surface area contributed by atoms with Crippen LogP contribution in [0.2, 0.25) is 0 Å². The van der Waals surface area contributed by atoms with Crippen LogP contribution < -0.4 is 15.9 Å². The molecule has 8 nitrogen and oxygen atoms in total. The summed E-state index contributed by atoms with van der Waals surface area (Å²) in [4.78, 5) is 28.1. The molecule has 1 saturated carbocycles. The highest BCUT2D eigenvalue weighted by molar-refractivity contribution is 5.45. The maximum atomic E-state index is 13.5. The normalized spacial score (nSPS) is 13.6. The molecule has 1 aliphatic carbocycles. The molecule has 4 rings (SSSR count). The first-order valence-electron chi connectivity index (χ1n) is 9.20. The van der Waals surface area contributed by atoms with Gasteiger partial charge in [0.1, 0.15) is 11.8 Å². The number of hydrogen-bond donors (Lipinski definition) is 1. The molecular weight excluding hydrogens is 415 g/mol. The minimum atomic E-state index is -4.95. The van der Waals surface area contributed by atoms with Gasteiger partial charge in [-0.3, -0.25) is 14.2 Å². The maximum Gasteiger partial charge on any atom is 0.437 e. The molecule has 2 heterocycles. The number of nitrogens with zero attached hydrogens (tertiary/aromatic N) is 4.